The van der Waals surface area contributed by atoms with Crippen molar-refractivity contribution in [1.82, 2.24) is 14.5 Å². The third kappa shape index (κ3) is 5.20. The van der Waals surface area contributed by atoms with Crippen molar-refractivity contribution in [3.63, 3.8) is 0 Å². The summed E-state index contributed by atoms with van der Waals surface area (Å²) in [5, 5.41) is 9.11. The number of carboxylic acid groups (broad SMARTS) is 1. The summed E-state index contributed by atoms with van der Waals surface area (Å²) in [7, 11) is 0. The highest BCUT2D eigenvalue weighted by Gasteiger charge is 2.08. The van der Waals surface area contributed by atoms with Gasteiger partial charge in [-0.2, -0.15) is 0 Å². The number of imidazole rings is 1. The number of aryl methyl sites for hydroxylation is 4. The average molecular weight is 315 g/mol. The molecule has 0 spiro atoms. The number of carbonyl (C=O) groups is 1. The highest BCUT2D eigenvalue weighted by atomic mass is 16.4. The molecule has 0 unspecified atom stereocenters. The van der Waals surface area contributed by atoms with Crippen molar-refractivity contribution in [2.24, 2.45) is 5.92 Å². The topological polar surface area (TPSA) is 68.0 Å². The predicted octanol–water partition coefficient (Wildman–Crippen LogP) is 3.51. The summed E-state index contributed by atoms with van der Waals surface area (Å²) in [5.74, 6) is 0.869. The Morgan fingerprint density at radius 1 is 1.30 bits per heavy atom. The van der Waals surface area contributed by atoms with Crippen LogP contribution in [-0.2, 0) is 19.4 Å². The third-order valence-corrected chi connectivity index (χ3v) is 3.84. The normalized spacial score (nSPS) is 11.1. The summed E-state index contributed by atoms with van der Waals surface area (Å²) in [5.41, 5.74) is 1.90. The molecule has 0 aliphatic carbocycles. The maximum absolute atomic E-state index is 11.1. The molecule has 0 aliphatic rings. The molecule has 0 saturated heterocycles. The quantitative estimate of drug-likeness (QED) is 0.809. The van der Waals surface area contributed by atoms with Gasteiger partial charge in [0.15, 0.2) is 0 Å². The molecular weight excluding hydrogens is 290 g/mol. The molecule has 2 aromatic heterocycles. The lowest BCUT2D eigenvalue weighted by atomic mass is 10.1. The maximum Gasteiger partial charge on any atom is 0.335 e. The highest BCUT2D eigenvalue weighted by Crippen LogP contribution is 2.11. The SMILES string of the molecule is Cc1cc(C(=O)O)cc(CCCc2nccn2CCC(C)C)n1. The van der Waals surface area contributed by atoms with E-state index in [1.807, 2.05) is 19.3 Å². The Morgan fingerprint density at radius 2 is 2.09 bits per heavy atom. The first-order chi connectivity index (χ1) is 11.0. The van der Waals surface area contributed by atoms with Crippen LogP contribution in [0.25, 0.3) is 0 Å². The van der Waals surface area contributed by atoms with Crippen molar-refractivity contribution in [3.8, 4) is 0 Å². The van der Waals surface area contributed by atoms with Gasteiger partial charge < -0.3 is 9.67 Å². The number of carboxylic acids is 1. The molecule has 0 saturated carbocycles. The van der Waals surface area contributed by atoms with Gasteiger partial charge in [-0.1, -0.05) is 13.8 Å². The van der Waals surface area contributed by atoms with Crippen molar-refractivity contribution in [1.29, 1.82) is 0 Å². The molecule has 0 amide bonds. The van der Waals surface area contributed by atoms with Crippen LogP contribution in [0.4, 0.5) is 0 Å². The molecule has 0 aromatic carbocycles. The average Bonchev–Trinajstić information content (AvgIpc) is 2.92. The molecule has 2 aromatic rings. The number of aromatic nitrogens is 3. The third-order valence-electron chi connectivity index (χ3n) is 3.84. The van der Waals surface area contributed by atoms with Crippen LogP contribution in [0.3, 0.4) is 0 Å². The lowest BCUT2D eigenvalue weighted by Crippen LogP contribution is -2.07. The van der Waals surface area contributed by atoms with Crippen LogP contribution < -0.4 is 0 Å². The van der Waals surface area contributed by atoms with Crippen molar-refractivity contribution >= 4 is 5.97 Å². The number of hydrogen-bond acceptors (Lipinski definition) is 3. The Bertz CT molecular complexity index is 662. The first-order valence-corrected chi connectivity index (χ1v) is 8.16. The first-order valence-electron chi connectivity index (χ1n) is 8.16. The molecule has 0 radical (unpaired) electrons. The van der Waals surface area contributed by atoms with E-state index in [4.69, 9.17) is 5.11 Å². The van der Waals surface area contributed by atoms with E-state index in [2.05, 4.69) is 28.4 Å². The first kappa shape index (κ1) is 17.2. The van der Waals surface area contributed by atoms with E-state index in [9.17, 15) is 4.79 Å². The monoisotopic (exact) mass is 315 g/mol. The Kier molecular flexibility index (Phi) is 5.90. The Morgan fingerprint density at radius 3 is 2.78 bits per heavy atom. The summed E-state index contributed by atoms with van der Waals surface area (Å²) in [4.78, 5) is 20.0. The fraction of sp³-hybridized carbons (Fsp3) is 0.500. The van der Waals surface area contributed by atoms with E-state index in [-0.39, 0.29) is 0 Å². The van der Waals surface area contributed by atoms with Crippen molar-refractivity contribution in [3.05, 3.63) is 47.3 Å². The number of nitrogens with zero attached hydrogens (tertiary/aromatic N) is 3. The Hall–Kier alpha value is -2.17. The second kappa shape index (κ2) is 7.90. The van der Waals surface area contributed by atoms with Gasteiger partial charge >= 0.3 is 5.97 Å². The highest BCUT2D eigenvalue weighted by molar-refractivity contribution is 5.87. The summed E-state index contributed by atoms with van der Waals surface area (Å²) < 4.78 is 2.21. The van der Waals surface area contributed by atoms with Gasteiger partial charge in [-0.05, 0) is 44.2 Å². The van der Waals surface area contributed by atoms with Gasteiger partial charge in [0.05, 0.1) is 5.56 Å². The number of rotatable bonds is 8. The van der Waals surface area contributed by atoms with E-state index < -0.39 is 5.97 Å². The van der Waals surface area contributed by atoms with Gasteiger partial charge in [-0.15, -0.1) is 0 Å². The minimum absolute atomic E-state index is 0.311. The molecule has 23 heavy (non-hydrogen) atoms. The zero-order valence-electron chi connectivity index (χ0n) is 14.1. The Labute approximate surface area is 137 Å². The summed E-state index contributed by atoms with van der Waals surface area (Å²) >= 11 is 0. The standard InChI is InChI=1S/C18H25N3O2/c1-13(2)7-9-21-10-8-19-17(21)6-4-5-16-12-15(18(22)23)11-14(3)20-16/h8,10-13H,4-7,9H2,1-3H3,(H,22,23). The van der Waals surface area contributed by atoms with Crippen LogP contribution in [0.15, 0.2) is 24.5 Å². The molecule has 0 bridgehead atoms. The fourth-order valence-corrected chi connectivity index (χ4v) is 2.59. The zero-order chi connectivity index (χ0) is 16.8. The molecule has 5 heteroatoms. The van der Waals surface area contributed by atoms with Gasteiger partial charge in [0.1, 0.15) is 5.82 Å². The largest absolute Gasteiger partial charge is 0.478 e. The molecule has 0 fully saturated rings. The number of aromatic carboxylic acids is 1. The summed E-state index contributed by atoms with van der Waals surface area (Å²) in [6.45, 7) is 7.27. The van der Waals surface area contributed by atoms with Gasteiger partial charge in [-0.25, -0.2) is 9.78 Å². The molecule has 0 aliphatic heterocycles. The number of pyridine rings is 1. The van der Waals surface area contributed by atoms with Gasteiger partial charge in [0.2, 0.25) is 0 Å². The Balaban J connectivity index is 1.93. The molecule has 124 valence electrons. The van der Waals surface area contributed by atoms with Crippen LogP contribution in [-0.4, -0.2) is 25.6 Å². The zero-order valence-corrected chi connectivity index (χ0v) is 14.1. The smallest absolute Gasteiger partial charge is 0.335 e. The second-order valence-corrected chi connectivity index (χ2v) is 6.37. The van der Waals surface area contributed by atoms with E-state index in [1.165, 1.54) is 0 Å². The van der Waals surface area contributed by atoms with E-state index in [1.54, 1.807) is 12.1 Å². The lowest BCUT2D eigenvalue weighted by molar-refractivity contribution is 0.0696. The summed E-state index contributed by atoms with van der Waals surface area (Å²) in [6, 6.07) is 3.27. The van der Waals surface area contributed by atoms with Crippen LogP contribution >= 0.6 is 0 Å². The predicted molar refractivity (Wildman–Crippen MR) is 89.6 cm³/mol. The molecular formula is C18H25N3O2. The van der Waals surface area contributed by atoms with Crippen LogP contribution in [0.2, 0.25) is 0 Å². The van der Waals surface area contributed by atoms with E-state index in [0.717, 1.165) is 49.4 Å². The lowest BCUT2D eigenvalue weighted by Gasteiger charge is -2.10. The molecule has 2 heterocycles. The van der Waals surface area contributed by atoms with Gasteiger partial charge in [-0.3, -0.25) is 4.98 Å². The van der Waals surface area contributed by atoms with Crippen molar-refractivity contribution < 1.29 is 9.90 Å². The van der Waals surface area contributed by atoms with Crippen LogP contribution in [0.5, 0.6) is 0 Å². The molecule has 2 rings (SSSR count). The fourth-order valence-electron chi connectivity index (χ4n) is 2.59. The van der Waals surface area contributed by atoms with Gasteiger partial charge in [0.25, 0.3) is 0 Å². The van der Waals surface area contributed by atoms with Crippen LogP contribution in [0, 0.1) is 12.8 Å². The second-order valence-electron chi connectivity index (χ2n) is 6.37. The van der Waals surface area contributed by atoms with Gasteiger partial charge in [0, 0.05) is 36.7 Å². The van der Waals surface area contributed by atoms with Crippen LogP contribution in [0.1, 0.15) is 54.3 Å². The van der Waals surface area contributed by atoms with E-state index in [0.29, 0.717) is 11.5 Å². The summed E-state index contributed by atoms with van der Waals surface area (Å²) in [6.07, 6.45) is 7.58. The number of hydrogen-bond donors (Lipinski definition) is 1. The molecule has 1 N–H and O–H groups in total. The van der Waals surface area contributed by atoms with E-state index >= 15 is 0 Å². The maximum atomic E-state index is 11.1. The van der Waals surface area contributed by atoms with Crippen molar-refractivity contribution in [2.45, 2.75) is 53.0 Å². The van der Waals surface area contributed by atoms with Crippen molar-refractivity contribution in [2.75, 3.05) is 0 Å². The molecule has 0 atom stereocenters. The minimum Gasteiger partial charge on any atom is -0.478 e. The minimum atomic E-state index is -0.902. The molecule has 5 nitrogen and oxygen atoms in total.